The number of nitrogens with two attached hydrogens (primary N) is 1. The van der Waals surface area contributed by atoms with Crippen LogP contribution >= 0.6 is 11.3 Å². The van der Waals surface area contributed by atoms with E-state index < -0.39 is 0 Å². The molecule has 0 aliphatic carbocycles. The van der Waals surface area contributed by atoms with E-state index in [0.29, 0.717) is 5.13 Å². The molecule has 4 aromatic rings. The van der Waals surface area contributed by atoms with Crippen molar-refractivity contribution >= 4 is 27.5 Å². The van der Waals surface area contributed by atoms with E-state index in [9.17, 15) is 0 Å². The van der Waals surface area contributed by atoms with Gasteiger partial charge in [-0.05, 0) is 43.3 Å². The van der Waals surface area contributed by atoms with E-state index in [1.54, 1.807) is 6.20 Å². The number of anilines is 1. The van der Waals surface area contributed by atoms with Crippen LogP contribution in [0.3, 0.4) is 0 Å². The monoisotopic (exact) mass is 319 g/mol. The van der Waals surface area contributed by atoms with Crippen LogP contribution in [0.25, 0.3) is 33.0 Å². The van der Waals surface area contributed by atoms with E-state index in [2.05, 4.69) is 19.9 Å². The van der Waals surface area contributed by atoms with Crippen LogP contribution in [-0.2, 0) is 0 Å². The molecule has 4 aromatic heterocycles. The summed E-state index contributed by atoms with van der Waals surface area (Å²) in [5, 5.41) is 0.506. The molecule has 0 aliphatic heterocycles. The summed E-state index contributed by atoms with van der Waals surface area (Å²) in [5.41, 5.74) is 11.0. The predicted octanol–water partition coefficient (Wildman–Crippen LogP) is 3.71. The number of nitrogen functional groups attached to an aromatic ring is 1. The highest BCUT2D eigenvalue weighted by Gasteiger charge is 2.16. The third kappa shape index (κ3) is 2.53. The summed E-state index contributed by atoms with van der Waals surface area (Å²) in [7, 11) is 0. The summed E-state index contributed by atoms with van der Waals surface area (Å²) in [6.07, 6.45) is 1.76. The third-order valence-corrected chi connectivity index (χ3v) is 4.37. The summed E-state index contributed by atoms with van der Waals surface area (Å²) in [5.74, 6) is 0. The number of pyridine rings is 3. The highest BCUT2D eigenvalue weighted by Crippen LogP contribution is 2.36. The van der Waals surface area contributed by atoms with Crippen molar-refractivity contribution in [3.05, 3.63) is 54.4 Å². The van der Waals surface area contributed by atoms with Crippen molar-refractivity contribution in [3.63, 3.8) is 0 Å². The first-order valence-electron chi connectivity index (χ1n) is 7.13. The second-order valence-corrected chi connectivity index (χ2v) is 6.16. The first-order chi connectivity index (χ1) is 11.2. The second-order valence-electron chi connectivity index (χ2n) is 5.13. The minimum absolute atomic E-state index is 0.506. The molecule has 112 valence electrons. The Morgan fingerprint density at radius 1 is 0.870 bits per heavy atom. The summed E-state index contributed by atoms with van der Waals surface area (Å²) in [6, 6.07) is 13.6. The molecule has 0 aromatic carbocycles. The van der Waals surface area contributed by atoms with E-state index in [-0.39, 0.29) is 0 Å². The maximum atomic E-state index is 5.94. The van der Waals surface area contributed by atoms with Gasteiger partial charge < -0.3 is 5.73 Å². The Hall–Kier alpha value is -2.86. The average molecular weight is 319 g/mol. The Balaban J connectivity index is 1.91. The van der Waals surface area contributed by atoms with Crippen LogP contribution in [0.4, 0.5) is 5.13 Å². The molecule has 2 N–H and O–H groups in total. The van der Waals surface area contributed by atoms with E-state index in [4.69, 9.17) is 5.73 Å². The van der Waals surface area contributed by atoms with Gasteiger partial charge in [-0.3, -0.25) is 9.97 Å². The molecule has 6 heteroatoms. The molecule has 0 saturated heterocycles. The number of aromatic nitrogens is 4. The van der Waals surface area contributed by atoms with E-state index in [0.717, 1.165) is 38.7 Å². The Bertz CT molecular complexity index is 1010. The zero-order valence-corrected chi connectivity index (χ0v) is 13.2. The van der Waals surface area contributed by atoms with E-state index in [1.165, 1.54) is 11.3 Å². The Morgan fingerprint density at radius 3 is 2.65 bits per heavy atom. The van der Waals surface area contributed by atoms with Crippen molar-refractivity contribution < 1.29 is 0 Å². The summed E-state index contributed by atoms with van der Waals surface area (Å²) < 4.78 is 0. The van der Waals surface area contributed by atoms with Crippen LogP contribution in [0.15, 0.2) is 48.7 Å². The molecule has 0 bridgehead atoms. The summed E-state index contributed by atoms with van der Waals surface area (Å²) in [4.78, 5) is 18.9. The fraction of sp³-hybridized carbons (Fsp3) is 0.0588. The molecule has 0 aliphatic rings. The molecule has 0 saturated carbocycles. The highest BCUT2D eigenvalue weighted by atomic mass is 32.1. The van der Waals surface area contributed by atoms with Gasteiger partial charge in [-0.15, -0.1) is 0 Å². The lowest BCUT2D eigenvalue weighted by atomic mass is 10.2. The van der Waals surface area contributed by atoms with E-state index >= 15 is 0 Å². The first-order valence-corrected chi connectivity index (χ1v) is 7.95. The zero-order valence-electron chi connectivity index (χ0n) is 12.4. The lowest BCUT2D eigenvalue weighted by molar-refractivity contribution is 1.21. The number of hydrogen-bond acceptors (Lipinski definition) is 6. The Morgan fingerprint density at radius 2 is 1.78 bits per heavy atom. The first kappa shape index (κ1) is 13.8. The fourth-order valence-corrected chi connectivity index (χ4v) is 3.25. The van der Waals surface area contributed by atoms with Crippen molar-refractivity contribution in [3.8, 4) is 22.0 Å². The van der Waals surface area contributed by atoms with Gasteiger partial charge >= 0.3 is 0 Å². The predicted molar refractivity (Wildman–Crippen MR) is 93.0 cm³/mol. The quantitative estimate of drug-likeness (QED) is 0.609. The summed E-state index contributed by atoms with van der Waals surface area (Å²) >= 11 is 1.42. The van der Waals surface area contributed by atoms with Crippen LogP contribution in [0.1, 0.15) is 5.69 Å². The minimum atomic E-state index is 0.506. The SMILES string of the molecule is Cc1cccc(-c2sc(N)nc2-c2ccc3ncccc3n2)n1. The number of fused-ring (bicyclic) bond motifs is 1. The van der Waals surface area contributed by atoms with Gasteiger partial charge in [-0.25, -0.2) is 9.97 Å². The molecule has 0 radical (unpaired) electrons. The molecule has 4 heterocycles. The lowest BCUT2D eigenvalue weighted by Gasteiger charge is -2.04. The van der Waals surface area contributed by atoms with Gasteiger partial charge in [-0.2, -0.15) is 0 Å². The van der Waals surface area contributed by atoms with Gasteiger partial charge in [0.15, 0.2) is 5.13 Å². The van der Waals surface area contributed by atoms with Gasteiger partial charge in [0.2, 0.25) is 0 Å². The molecule has 0 amide bonds. The number of hydrogen-bond donors (Lipinski definition) is 1. The fourth-order valence-electron chi connectivity index (χ4n) is 2.44. The van der Waals surface area contributed by atoms with E-state index in [1.807, 2.05) is 49.4 Å². The molecule has 4 rings (SSSR count). The van der Waals surface area contributed by atoms with Gasteiger partial charge in [0.05, 0.1) is 27.3 Å². The molecule has 0 fully saturated rings. The standard InChI is InChI=1S/C17H13N5S/c1-10-4-2-5-14(20-10)16-15(22-17(18)23-16)13-8-7-11-12(21-13)6-3-9-19-11/h2-9H,1H3,(H2,18,22). The van der Waals surface area contributed by atoms with Crippen molar-refractivity contribution in [2.24, 2.45) is 0 Å². The van der Waals surface area contributed by atoms with Gasteiger partial charge in [-0.1, -0.05) is 17.4 Å². The molecular weight excluding hydrogens is 306 g/mol. The van der Waals surface area contributed by atoms with Crippen LogP contribution < -0.4 is 5.73 Å². The maximum Gasteiger partial charge on any atom is 0.181 e. The van der Waals surface area contributed by atoms with Crippen LogP contribution in [0.5, 0.6) is 0 Å². The number of thiazole rings is 1. The molecule has 0 atom stereocenters. The maximum absolute atomic E-state index is 5.94. The second kappa shape index (κ2) is 5.40. The molecule has 23 heavy (non-hydrogen) atoms. The molecular formula is C17H13N5S. The van der Waals surface area contributed by atoms with Gasteiger partial charge in [0.1, 0.15) is 5.69 Å². The van der Waals surface area contributed by atoms with Crippen molar-refractivity contribution in [2.45, 2.75) is 6.92 Å². The lowest BCUT2D eigenvalue weighted by Crippen LogP contribution is -1.91. The van der Waals surface area contributed by atoms with Gasteiger partial charge in [0, 0.05) is 11.9 Å². The topological polar surface area (TPSA) is 77.6 Å². The third-order valence-electron chi connectivity index (χ3n) is 3.46. The highest BCUT2D eigenvalue weighted by molar-refractivity contribution is 7.19. The summed E-state index contributed by atoms with van der Waals surface area (Å²) in [6.45, 7) is 1.97. The van der Waals surface area contributed by atoms with Crippen molar-refractivity contribution in [1.29, 1.82) is 0 Å². The largest absolute Gasteiger partial charge is 0.375 e. The molecule has 0 spiro atoms. The van der Waals surface area contributed by atoms with Gasteiger partial charge in [0.25, 0.3) is 0 Å². The Kier molecular flexibility index (Phi) is 3.24. The number of rotatable bonds is 2. The molecule has 0 unspecified atom stereocenters. The van der Waals surface area contributed by atoms with Crippen molar-refractivity contribution in [1.82, 2.24) is 19.9 Å². The number of nitrogens with zero attached hydrogens (tertiary/aromatic N) is 4. The zero-order chi connectivity index (χ0) is 15.8. The Labute approximate surface area is 136 Å². The van der Waals surface area contributed by atoms with Crippen LogP contribution in [0, 0.1) is 6.92 Å². The minimum Gasteiger partial charge on any atom is -0.375 e. The van der Waals surface area contributed by atoms with Crippen LogP contribution in [0.2, 0.25) is 0 Å². The smallest absolute Gasteiger partial charge is 0.181 e. The van der Waals surface area contributed by atoms with Crippen molar-refractivity contribution in [2.75, 3.05) is 5.73 Å². The number of aryl methyl sites for hydroxylation is 1. The normalized spacial score (nSPS) is 11.0. The average Bonchev–Trinajstić information content (AvgIpc) is 2.96. The molecule has 5 nitrogen and oxygen atoms in total. The van der Waals surface area contributed by atoms with Crippen LogP contribution in [-0.4, -0.2) is 19.9 Å².